The van der Waals surface area contributed by atoms with E-state index in [-0.39, 0.29) is 6.04 Å². The van der Waals surface area contributed by atoms with Crippen molar-refractivity contribution in [3.05, 3.63) is 115 Å². The Kier molecular flexibility index (Phi) is 6.37. The molecule has 4 aromatic carbocycles. The molecule has 3 heteroatoms. The van der Waals surface area contributed by atoms with Crippen LogP contribution in [0.15, 0.2) is 114 Å². The van der Waals surface area contributed by atoms with E-state index in [0.29, 0.717) is 12.5 Å². The fourth-order valence-electron chi connectivity index (χ4n) is 4.26. The summed E-state index contributed by atoms with van der Waals surface area (Å²) in [6, 6.07) is 39.3. The van der Waals surface area contributed by atoms with Crippen molar-refractivity contribution in [1.29, 1.82) is 0 Å². The molecule has 5 rings (SSSR count). The van der Waals surface area contributed by atoms with Gasteiger partial charge < -0.3 is 4.74 Å². The zero-order valence-electron chi connectivity index (χ0n) is 19.1. The summed E-state index contributed by atoms with van der Waals surface area (Å²) in [6.07, 6.45) is 0. The molecular formula is C30H28NOP. The maximum atomic E-state index is 6.10. The predicted octanol–water partition coefficient (Wildman–Crippen LogP) is 5.91. The van der Waals surface area contributed by atoms with Gasteiger partial charge >= 0.3 is 0 Å². The average Bonchev–Trinajstić information content (AvgIpc) is 3.37. The molecule has 0 fully saturated rings. The quantitative estimate of drug-likeness (QED) is 0.335. The fraction of sp³-hybridized carbons (Fsp3) is 0.167. The minimum Gasteiger partial charge on any atom is -0.475 e. The Morgan fingerprint density at radius 2 is 1.18 bits per heavy atom. The Balaban J connectivity index is 1.67. The van der Waals surface area contributed by atoms with E-state index in [9.17, 15) is 0 Å². The van der Waals surface area contributed by atoms with Gasteiger partial charge in [-0.3, -0.25) is 0 Å². The van der Waals surface area contributed by atoms with E-state index >= 15 is 0 Å². The second-order valence-electron chi connectivity index (χ2n) is 8.63. The van der Waals surface area contributed by atoms with Crippen LogP contribution in [0, 0.1) is 5.92 Å². The first kappa shape index (κ1) is 21.6. The minimum absolute atomic E-state index is 0.217. The molecule has 0 N–H and O–H groups in total. The van der Waals surface area contributed by atoms with Crippen molar-refractivity contribution >= 4 is 29.7 Å². The first-order valence-corrected chi connectivity index (χ1v) is 12.9. The molecule has 0 radical (unpaired) electrons. The molecule has 0 spiro atoms. The predicted molar refractivity (Wildman–Crippen MR) is 142 cm³/mol. The monoisotopic (exact) mass is 449 g/mol. The summed E-state index contributed by atoms with van der Waals surface area (Å²) in [5.41, 5.74) is 3.49. The van der Waals surface area contributed by atoms with Gasteiger partial charge in [-0.05, 0) is 46.9 Å². The molecule has 0 saturated heterocycles. The van der Waals surface area contributed by atoms with Crippen molar-refractivity contribution in [2.24, 2.45) is 10.9 Å². The van der Waals surface area contributed by atoms with Crippen LogP contribution in [-0.4, -0.2) is 18.5 Å². The highest BCUT2D eigenvalue weighted by Crippen LogP contribution is 2.38. The number of benzene rings is 4. The topological polar surface area (TPSA) is 21.6 Å². The van der Waals surface area contributed by atoms with Crippen molar-refractivity contribution < 1.29 is 4.74 Å². The number of nitrogens with zero attached hydrogens (tertiary/aromatic N) is 1. The summed E-state index contributed by atoms with van der Waals surface area (Å²) in [7, 11) is -0.715. The van der Waals surface area contributed by atoms with E-state index in [2.05, 4.69) is 123 Å². The van der Waals surface area contributed by atoms with Crippen LogP contribution in [-0.2, 0) is 4.74 Å². The zero-order chi connectivity index (χ0) is 22.6. The molecule has 0 aromatic heterocycles. The van der Waals surface area contributed by atoms with E-state index in [1.807, 2.05) is 0 Å². The molecule has 1 aliphatic heterocycles. The summed E-state index contributed by atoms with van der Waals surface area (Å²) < 4.78 is 6.10. The summed E-state index contributed by atoms with van der Waals surface area (Å²) >= 11 is 0. The van der Waals surface area contributed by atoms with E-state index in [1.54, 1.807) is 0 Å². The van der Waals surface area contributed by atoms with Gasteiger partial charge in [0.1, 0.15) is 6.61 Å². The molecule has 0 bridgehead atoms. The molecular weight excluding hydrogens is 421 g/mol. The van der Waals surface area contributed by atoms with Crippen LogP contribution in [0.1, 0.15) is 19.4 Å². The minimum atomic E-state index is -0.715. The molecule has 1 aliphatic rings. The van der Waals surface area contributed by atoms with Crippen LogP contribution in [0.5, 0.6) is 0 Å². The van der Waals surface area contributed by atoms with Gasteiger partial charge in [0.05, 0.1) is 6.04 Å². The van der Waals surface area contributed by atoms with Gasteiger partial charge in [0.2, 0.25) is 5.90 Å². The van der Waals surface area contributed by atoms with Gasteiger partial charge in [-0.25, -0.2) is 4.99 Å². The Morgan fingerprint density at radius 3 is 1.76 bits per heavy atom. The fourth-order valence-corrected chi connectivity index (χ4v) is 6.73. The maximum absolute atomic E-state index is 6.10. The van der Waals surface area contributed by atoms with Crippen molar-refractivity contribution in [2.45, 2.75) is 19.9 Å². The summed E-state index contributed by atoms with van der Waals surface area (Å²) in [6.45, 7) is 5.06. The first-order chi connectivity index (χ1) is 16.2. The Bertz CT molecular complexity index is 1210. The highest BCUT2D eigenvalue weighted by Gasteiger charge is 2.26. The third-order valence-corrected chi connectivity index (χ3v) is 8.57. The first-order valence-electron chi connectivity index (χ1n) is 11.5. The maximum Gasteiger partial charge on any atom is 0.217 e. The Labute approximate surface area is 197 Å². The van der Waals surface area contributed by atoms with Crippen LogP contribution >= 0.6 is 7.92 Å². The third-order valence-electron chi connectivity index (χ3n) is 6.06. The van der Waals surface area contributed by atoms with Crippen LogP contribution in [0.4, 0.5) is 0 Å². The molecule has 33 heavy (non-hydrogen) atoms. The Hall–Kier alpha value is -3.22. The third kappa shape index (κ3) is 4.49. The second kappa shape index (κ2) is 9.73. The van der Waals surface area contributed by atoms with Crippen molar-refractivity contribution in [3.63, 3.8) is 0 Å². The smallest absolute Gasteiger partial charge is 0.217 e. The van der Waals surface area contributed by atoms with Gasteiger partial charge in [-0.1, -0.05) is 117 Å². The Morgan fingerprint density at radius 1 is 0.667 bits per heavy atom. The van der Waals surface area contributed by atoms with Crippen LogP contribution in [0.3, 0.4) is 0 Å². The molecule has 0 unspecified atom stereocenters. The van der Waals surface area contributed by atoms with Gasteiger partial charge in [0.25, 0.3) is 0 Å². The zero-order valence-corrected chi connectivity index (χ0v) is 20.0. The van der Waals surface area contributed by atoms with Crippen molar-refractivity contribution in [3.8, 4) is 11.1 Å². The number of rotatable bonds is 6. The van der Waals surface area contributed by atoms with E-state index < -0.39 is 7.92 Å². The highest BCUT2D eigenvalue weighted by atomic mass is 31.1. The summed E-state index contributed by atoms with van der Waals surface area (Å²) in [4.78, 5) is 4.93. The molecule has 4 aromatic rings. The average molecular weight is 450 g/mol. The number of hydrogen-bond donors (Lipinski definition) is 0. The van der Waals surface area contributed by atoms with Gasteiger partial charge in [0, 0.05) is 5.56 Å². The number of ether oxygens (including phenoxy) is 1. The van der Waals surface area contributed by atoms with Crippen molar-refractivity contribution in [1.82, 2.24) is 0 Å². The van der Waals surface area contributed by atoms with Gasteiger partial charge in [-0.2, -0.15) is 0 Å². The normalized spacial score (nSPS) is 15.5. The molecule has 0 amide bonds. The number of aliphatic imine (C=N–C) groups is 1. The largest absolute Gasteiger partial charge is 0.475 e. The van der Waals surface area contributed by atoms with Gasteiger partial charge in [0.15, 0.2) is 0 Å². The second-order valence-corrected chi connectivity index (χ2v) is 10.8. The lowest BCUT2D eigenvalue weighted by molar-refractivity contribution is 0.292. The molecule has 164 valence electrons. The van der Waals surface area contributed by atoms with E-state index in [4.69, 9.17) is 9.73 Å². The molecule has 0 aliphatic carbocycles. The summed E-state index contributed by atoms with van der Waals surface area (Å²) in [5.74, 6) is 1.23. The lowest BCUT2D eigenvalue weighted by Crippen LogP contribution is -2.22. The van der Waals surface area contributed by atoms with Crippen LogP contribution < -0.4 is 15.9 Å². The van der Waals surface area contributed by atoms with Gasteiger partial charge in [-0.15, -0.1) is 0 Å². The molecule has 0 saturated carbocycles. The standard InChI is InChI=1S/C30H28NOP/c1-22(2)28-21-32-30(31-28)27-19-10-9-17-25(27)26-18-11-12-20-29(26)33(23-13-5-3-6-14-23)24-15-7-4-8-16-24/h3-20,22,28H,21H2,1-2H3/t28-/m0/s1. The van der Waals surface area contributed by atoms with Crippen LogP contribution in [0.2, 0.25) is 0 Å². The SMILES string of the molecule is CC(C)[C@@H]1COC(c2ccccc2-c2ccccc2P(c2ccccc2)c2ccccc2)=N1. The lowest BCUT2D eigenvalue weighted by Gasteiger charge is -2.23. The van der Waals surface area contributed by atoms with E-state index in [0.717, 1.165) is 11.5 Å². The number of hydrogen-bond acceptors (Lipinski definition) is 2. The lowest BCUT2D eigenvalue weighted by atomic mass is 9.99. The molecule has 2 nitrogen and oxygen atoms in total. The summed E-state index contributed by atoms with van der Waals surface area (Å²) in [5, 5.41) is 4.03. The highest BCUT2D eigenvalue weighted by molar-refractivity contribution is 7.80. The molecule has 1 heterocycles. The van der Waals surface area contributed by atoms with Crippen molar-refractivity contribution in [2.75, 3.05) is 6.61 Å². The van der Waals surface area contributed by atoms with Crippen LogP contribution in [0.25, 0.3) is 11.1 Å². The van der Waals surface area contributed by atoms with E-state index in [1.165, 1.54) is 27.0 Å². The molecule has 1 atom stereocenters.